The Morgan fingerprint density at radius 2 is 2.10 bits per heavy atom. The molecule has 0 unspecified atom stereocenters. The second-order valence-electron chi connectivity index (χ2n) is 3.97. The fraction of sp³-hybridized carbons (Fsp3) is 0.167. The summed E-state index contributed by atoms with van der Waals surface area (Å²) in [5, 5.41) is 11.1. The van der Waals surface area contributed by atoms with Crippen LogP contribution in [-0.4, -0.2) is 22.7 Å². The fourth-order valence-corrected chi connectivity index (χ4v) is 1.66. The number of halogens is 3. The predicted molar refractivity (Wildman–Crippen MR) is 66.1 cm³/mol. The first-order valence-corrected chi connectivity index (χ1v) is 5.47. The molecular weight excluding hydrogens is 273 g/mol. The number of aromatic nitrogens is 2. The molecule has 2 rings (SSSR count). The number of rotatable bonds is 3. The molecule has 0 fully saturated rings. The van der Waals surface area contributed by atoms with Gasteiger partial charge in [-0.3, -0.25) is 5.41 Å². The maximum absolute atomic E-state index is 12.6. The molecule has 0 amide bonds. The van der Waals surface area contributed by atoms with Crippen molar-refractivity contribution >= 4 is 5.84 Å². The SMILES string of the molecule is COc1ccc(C(=N)N)c(-n2cc(C(F)(F)F)cn2)c1. The van der Waals surface area contributed by atoms with Crippen LogP contribution in [0.4, 0.5) is 13.2 Å². The molecule has 0 spiro atoms. The summed E-state index contributed by atoms with van der Waals surface area (Å²) in [6.45, 7) is 0. The molecule has 1 aromatic heterocycles. The summed E-state index contributed by atoms with van der Waals surface area (Å²) >= 11 is 0. The summed E-state index contributed by atoms with van der Waals surface area (Å²) < 4.78 is 43.8. The summed E-state index contributed by atoms with van der Waals surface area (Å²) in [7, 11) is 1.43. The zero-order valence-corrected chi connectivity index (χ0v) is 10.4. The third-order valence-electron chi connectivity index (χ3n) is 2.65. The molecule has 106 valence electrons. The normalized spacial score (nSPS) is 11.4. The molecule has 8 heteroatoms. The average molecular weight is 284 g/mol. The van der Waals surface area contributed by atoms with Crippen LogP contribution in [-0.2, 0) is 6.18 Å². The number of nitrogens with two attached hydrogens (primary N) is 1. The van der Waals surface area contributed by atoms with Crippen LogP contribution < -0.4 is 10.5 Å². The number of hydrogen-bond acceptors (Lipinski definition) is 3. The number of benzene rings is 1. The second kappa shape index (κ2) is 4.87. The zero-order valence-electron chi connectivity index (χ0n) is 10.4. The van der Waals surface area contributed by atoms with Crippen molar-refractivity contribution in [2.75, 3.05) is 7.11 Å². The molecule has 0 aliphatic carbocycles. The van der Waals surface area contributed by atoms with E-state index in [9.17, 15) is 13.2 Å². The molecule has 2 aromatic rings. The van der Waals surface area contributed by atoms with Crippen LogP contribution in [0.15, 0.2) is 30.6 Å². The van der Waals surface area contributed by atoms with Crippen molar-refractivity contribution in [2.24, 2.45) is 5.73 Å². The molecule has 0 aliphatic rings. The van der Waals surface area contributed by atoms with Gasteiger partial charge in [0.25, 0.3) is 0 Å². The Balaban J connectivity index is 2.55. The van der Waals surface area contributed by atoms with E-state index in [1.165, 1.54) is 19.2 Å². The molecule has 20 heavy (non-hydrogen) atoms. The van der Waals surface area contributed by atoms with Gasteiger partial charge in [0.1, 0.15) is 11.6 Å². The summed E-state index contributed by atoms with van der Waals surface area (Å²) in [5.41, 5.74) is 5.04. The lowest BCUT2D eigenvalue weighted by Gasteiger charge is -2.10. The molecule has 0 aliphatic heterocycles. The van der Waals surface area contributed by atoms with E-state index in [0.717, 1.165) is 10.9 Å². The minimum absolute atomic E-state index is 0.243. The van der Waals surface area contributed by atoms with Crippen molar-refractivity contribution in [1.82, 2.24) is 9.78 Å². The van der Waals surface area contributed by atoms with Gasteiger partial charge in [0.2, 0.25) is 0 Å². The van der Waals surface area contributed by atoms with E-state index < -0.39 is 11.7 Å². The number of hydrogen-bond donors (Lipinski definition) is 2. The predicted octanol–water partition coefficient (Wildman–Crippen LogP) is 2.18. The van der Waals surface area contributed by atoms with Crippen LogP contribution in [0, 0.1) is 5.41 Å². The Bertz CT molecular complexity index is 648. The minimum atomic E-state index is -4.48. The van der Waals surface area contributed by atoms with Gasteiger partial charge in [-0.2, -0.15) is 18.3 Å². The van der Waals surface area contributed by atoms with Gasteiger partial charge in [0.15, 0.2) is 0 Å². The number of nitrogen functional groups attached to an aromatic ring is 1. The highest BCUT2D eigenvalue weighted by Gasteiger charge is 2.32. The molecule has 1 aromatic carbocycles. The highest BCUT2D eigenvalue weighted by Crippen LogP contribution is 2.30. The van der Waals surface area contributed by atoms with Crippen molar-refractivity contribution in [3.8, 4) is 11.4 Å². The summed E-state index contributed by atoms with van der Waals surface area (Å²) in [5.74, 6) is 0.153. The molecule has 0 radical (unpaired) electrons. The van der Waals surface area contributed by atoms with Crippen LogP contribution in [0.1, 0.15) is 11.1 Å². The highest BCUT2D eigenvalue weighted by atomic mass is 19.4. The monoisotopic (exact) mass is 284 g/mol. The lowest BCUT2D eigenvalue weighted by molar-refractivity contribution is -0.137. The van der Waals surface area contributed by atoms with Gasteiger partial charge in [-0.15, -0.1) is 0 Å². The first-order valence-electron chi connectivity index (χ1n) is 5.47. The lowest BCUT2D eigenvalue weighted by atomic mass is 10.1. The standard InChI is InChI=1S/C12H11F3N4O/c1-20-8-2-3-9(11(16)17)10(4-8)19-6-7(5-18-19)12(13,14)15/h2-6H,1H3,(H3,16,17). The largest absolute Gasteiger partial charge is 0.497 e. The number of ether oxygens (including phenoxy) is 1. The maximum Gasteiger partial charge on any atom is 0.419 e. The van der Waals surface area contributed by atoms with E-state index in [4.69, 9.17) is 15.9 Å². The van der Waals surface area contributed by atoms with E-state index >= 15 is 0 Å². The smallest absolute Gasteiger partial charge is 0.419 e. The Labute approximate surface area is 112 Å². The van der Waals surface area contributed by atoms with Crippen molar-refractivity contribution in [3.05, 3.63) is 41.7 Å². The highest BCUT2D eigenvalue weighted by molar-refractivity contribution is 5.98. The maximum atomic E-state index is 12.6. The molecular formula is C12H11F3N4O. The van der Waals surface area contributed by atoms with E-state index in [-0.39, 0.29) is 17.1 Å². The van der Waals surface area contributed by atoms with Gasteiger partial charge >= 0.3 is 6.18 Å². The minimum Gasteiger partial charge on any atom is -0.497 e. The first kappa shape index (κ1) is 13.9. The average Bonchev–Trinajstić information content (AvgIpc) is 2.87. The van der Waals surface area contributed by atoms with Crippen LogP contribution in [0.5, 0.6) is 5.75 Å². The van der Waals surface area contributed by atoms with Crippen molar-refractivity contribution < 1.29 is 17.9 Å². The topological polar surface area (TPSA) is 76.9 Å². The van der Waals surface area contributed by atoms with Gasteiger partial charge in [0.05, 0.1) is 24.6 Å². The third kappa shape index (κ3) is 2.58. The van der Waals surface area contributed by atoms with Gasteiger partial charge in [-0.05, 0) is 12.1 Å². The molecule has 0 atom stereocenters. The van der Waals surface area contributed by atoms with Gasteiger partial charge < -0.3 is 10.5 Å². The molecule has 0 bridgehead atoms. The Morgan fingerprint density at radius 3 is 2.60 bits per heavy atom. The van der Waals surface area contributed by atoms with Crippen LogP contribution in [0.2, 0.25) is 0 Å². The first-order chi connectivity index (χ1) is 9.32. The quantitative estimate of drug-likeness (QED) is 0.670. The van der Waals surface area contributed by atoms with E-state index in [1.54, 1.807) is 6.07 Å². The van der Waals surface area contributed by atoms with Crippen molar-refractivity contribution in [1.29, 1.82) is 5.41 Å². The Morgan fingerprint density at radius 1 is 1.40 bits per heavy atom. The van der Waals surface area contributed by atoms with Gasteiger partial charge in [0, 0.05) is 17.8 Å². The lowest BCUT2D eigenvalue weighted by Crippen LogP contribution is -2.15. The summed E-state index contributed by atoms with van der Waals surface area (Å²) in [6.07, 6.45) is -2.93. The van der Waals surface area contributed by atoms with Crippen LogP contribution >= 0.6 is 0 Å². The zero-order chi connectivity index (χ0) is 14.9. The molecule has 5 nitrogen and oxygen atoms in total. The Hall–Kier alpha value is -2.51. The van der Waals surface area contributed by atoms with Crippen molar-refractivity contribution in [3.63, 3.8) is 0 Å². The fourth-order valence-electron chi connectivity index (χ4n) is 1.66. The third-order valence-corrected chi connectivity index (χ3v) is 2.65. The number of methoxy groups -OCH3 is 1. The number of alkyl halides is 3. The molecule has 0 saturated carbocycles. The summed E-state index contributed by atoms with van der Waals surface area (Å²) in [4.78, 5) is 0. The van der Waals surface area contributed by atoms with Crippen molar-refractivity contribution in [2.45, 2.75) is 6.18 Å². The van der Waals surface area contributed by atoms with Crippen LogP contribution in [0.25, 0.3) is 5.69 Å². The van der Waals surface area contributed by atoms with E-state index in [2.05, 4.69) is 5.10 Å². The number of nitrogens with zero attached hydrogens (tertiary/aromatic N) is 2. The van der Waals surface area contributed by atoms with Crippen LogP contribution in [0.3, 0.4) is 0 Å². The number of amidine groups is 1. The summed E-state index contributed by atoms with van der Waals surface area (Å²) in [6, 6.07) is 4.52. The van der Waals surface area contributed by atoms with E-state index in [1.807, 2.05) is 0 Å². The molecule has 0 saturated heterocycles. The Kier molecular flexibility index (Phi) is 3.39. The van der Waals surface area contributed by atoms with E-state index in [0.29, 0.717) is 11.9 Å². The second-order valence-corrected chi connectivity index (χ2v) is 3.97. The number of nitrogens with one attached hydrogen (secondary N) is 1. The molecule has 3 N–H and O–H groups in total. The van der Waals surface area contributed by atoms with Gasteiger partial charge in [-0.25, -0.2) is 4.68 Å². The molecule has 1 heterocycles. The van der Waals surface area contributed by atoms with Gasteiger partial charge in [-0.1, -0.05) is 0 Å².